The van der Waals surface area contributed by atoms with Crippen molar-refractivity contribution in [2.24, 2.45) is 5.92 Å². The van der Waals surface area contributed by atoms with Crippen LogP contribution in [0.25, 0.3) is 0 Å². The summed E-state index contributed by atoms with van der Waals surface area (Å²) in [6, 6.07) is 4.03. The van der Waals surface area contributed by atoms with Crippen LogP contribution >= 0.6 is 15.9 Å². The predicted octanol–water partition coefficient (Wildman–Crippen LogP) is 2.54. The number of anilines is 1. The molecule has 0 unspecified atom stereocenters. The van der Waals surface area contributed by atoms with Crippen LogP contribution in [0.15, 0.2) is 16.6 Å². The van der Waals surface area contributed by atoms with Gasteiger partial charge in [0, 0.05) is 17.6 Å². The summed E-state index contributed by atoms with van der Waals surface area (Å²) in [5.74, 6) is 0.941. The summed E-state index contributed by atoms with van der Waals surface area (Å²) in [6.45, 7) is 3.69. The van der Waals surface area contributed by atoms with Gasteiger partial charge in [-0.3, -0.25) is 4.79 Å². The van der Waals surface area contributed by atoms with Crippen LogP contribution in [0.3, 0.4) is 0 Å². The van der Waals surface area contributed by atoms with Crippen molar-refractivity contribution in [1.82, 2.24) is 4.98 Å². The number of carbonyl (C=O) groups is 1. The van der Waals surface area contributed by atoms with Crippen LogP contribution in [-0.4, -0.2) is 31.2 Å². The van der Waals surface area contributed by atoms with Crippen LogP contribution < -0.4 is 4.90 Å². The maximum absolute atomic E-state index is 11.4. The van der Waals surface area contributed by atoms with E-state index in [1.165, 1.54) is 7.11 Å². The van der Waals surface area contributed by atoms with Gasteiger partial charge in [-0.05, 0) is 47.8 Å². The SMILES string of the molecule is COC(=O)C1CCN(c2ccc(Br)c(C)n2)CC1. The Balaban J connectivity index is 2.01. The largest absolute Gasteiger partial charge is 0.469 e. The summed E-state index contributed by atoms with van der Waals surface area (Å²) in [5, 5.41) is 0. The molecule has 1 fully saturated rings. The summed E-state index contributed by atoms with van der Waals surface area (Å²) >= 11 is 3.45. The molecule has 0 radical (unpaired) electrons. The Bertz CT molecular complexity index is 443. The fraction of sp³-hybridized carbons (Fsp3) is 0.538. The topological polar surface area (TPSA) is 42.4 Å². The Hall–Kier alpha value is -1.10. The third-order valence-corrected chi connectivity index (χ3v) is 4.20. The average Bonchev–Trinajstić information content (AvgIpc) is 2.41. The highest BCUT2D eigenvalue weighted by atomic mass is 79.9. The standard InChI is InChI=1S/C13H17BrN2O2/c1-9-11(14)3-4-12(15-9)16-7-5-10(6-8-16)13(17)18-2/h3-4,10H,5-8H2,1-2H3. The molecule has 0 N–H and O–H groups in total. The van der Waals surface area contributed by atoms with Gasteiger partial charge in [0.2, 0.25) is 0 Å². The van der Waals surface area contributed by atoms with E-state index in [1.54, 1.807) is 0 Å². The van der Waals surface area contributed by atoms with Crippen molar-refractivity contribution in [3.05, 3.63) is 22.3 Å². The summed E-state index contributed by atoms with van der Waals surface area (Å²) in [6.07, 6.45) is 1.67. The molecule has 0 spiro atoms. The van der Waals surface area contributed by atoms with Gasteiger partial charge in [-0.15, -0.1) is 0 Å². The van der Waals surface area contributed by atoms with E-state index in [-0.39, 0.29) is 11.9 Å². The average molecular weight is 313 g/mol. The smallest absolute Gasteiger partial charge is 0.308 e. The van der Waals surface area contributed by atoms with Gasteiger partial charge in [-0.2, -0.15) is 0 Å². The number of methoxy groups -OCH3 is 1. The van der Waals surface area contributed by atoms with Crippen molar-refractivity contribution in [2.75, 3.05) is 25.1 Å². The van der Waals surface area contributed by atoms with Crippen molar-refractivity contribution in [3.8, 4) is 0 Å². The number of nitrogens with zero attached hydrogens (tertiary/aromatic N) is 2. The number of pyridine rings is 1. The van der Waals surface area contributed by atoms with E-state index < -0.39 is 0 Å². The maximum Gasteiger partial charge on any atom is 0.308 e. The van der Waals surface area contributed by atoms with Gasteiger partial charge in [-0.25, -0.2) is 4.98 Å². The summed E-state index contributed by atoms with van der Waals surface area (Å²) < 4.78 is 5.81. The molecule has 0 saturated carbocycles. The number of rotatable bonds is 2. The Morgan fingerprint density at radius 1 is 1.44 bits per heavy atom. The van der Waals surface area contributed by atoms with Crippen molar-refractivity contribution >= 4 is 27.7 Å². The number of piperidine rings is 1. The van der Waals surface area contributed by atoms with E-state index in [0.717, 1.165) is 41.9 Å². The highest BCUT2D eigenvalue weighted by Crippen LogP contribution is 2.24. The molecule has 2 heterocycles. The molecule has 98 valence electrons. The fourth-order valence-electron chi connectivity index (χ4n) is 2.22. The molecule has 5 heteroatoms. The molecule has 0 amide bonds. The quantitative estimate of drug-likeness (QED) is 0.787. The monoisotopic (exact) mass is 312 g/mol. The molecular weight excluding hydrogens is 296 g/mol. The zero-order chi connectivity index (χ0) is 13.1. The molecule has 2 rings (SSSR count). The van der Waals surface area contributed by atoms with E-state index >= 15 is 0 Å². The number of ether oxygens (including phenoxy) is 1. The Morgan fingerprint density at radius 3 is 2.67 bits per heavy atom. The van der Waals surface area contributed by atoms with Crippen LogP contribution in [-0.2, 0) is 9.53 Å². The molecular formula is C13H17BrN2O2. The Morgan fingerprint density at radius 2 is 2.11 bits per heavy atom. The van der Waals surface area contributed by atoms with Gasteiger partial charge in [0.15, 0.2) is 0 Å². The van der Waals surface area contributed by atoms with Gasteiger partial charge in [0.1, 0.15) is 5.82 Å². The first-order valence-electron chi connectivity index (χ1n) is 6.07. The first-order valence-corrected chi connectivity index (χ1v) is 6.87. The van der Waals surface area contributed by atoms with Gasteiger partial charge >= 0.3 is 5.97 Å². The second kappa shape index (κ2) is 5.69. The number of hydrogen-bond donors (Lipinski definition) is 0. The van der Waals surface area contributed by atoms with Crippen LogP contribution in [0.1, 0.15) is 18.5 Å². The lowest BCUT2D eigenvalue weighted by Gasteiger charge is -2.31. The minimum absolute atomic E-state index is 0.0443. The van der Waals surface area contributed by atoms with E-state index in [1.807, 2.05) is 19.1 Å². The summed E-state index contributed by atoms with van der Waals surface area (Å²) in [5.41, 5.74) is 0.989. The highest BCUT2D eigenvalue weighted by Gasteiger charge is 2.26. The Kier molecular flexibility index (Phi) is 4.22. The highest BCUT2D eigenvalue weighted by molar-refractivity contribution is 9.10. The number of esters is 1. The van der Waals surface area contributed by atoms with Crippen molar-refractivity contribution in [3.63, 3.8) is 0 Å². The molecule has 1 aliphatic heterocycles. The first-order chi connectivity index (χ1) is 8.61. The molecule has 1 aromatic rings. The predicted molar refractivity (Wildman–Crippen MR) is 73.6 cm³/mol. The van der Waals surface area contributed by atoms with Gasteiger partial charge < -0.3 is 9.64 Å². The van der Waals surface area contributed by atoms with Crippen LogP contribution in [0.2, 0.25) is 0 Å². The third kappa shape index (κ3) is 2.83. The zero-order valence-electron chi connectivity index (χ0n) is 10.6. The number of aryl methyl sites for hydroxylation is 1. The van der Waals surface area contributed by atoms with E-state index in [4.69, 9.17) is 4.74 Å². The van der Waals surface area contributed by atoms with Gasteiger partial charge in [0.05, 0.1) is 18.7 Å². The van der Waals surface area contributed by atoms with Crippen molar-refractivity contribution in [2.45, 2.75) is 19.8 Å². The lowest BCUT2D eigenvalue weighted by Crippen LogP contribution is -2.37. The number of carbonyl (C=O) groups excluding carboxylic acids is 1. The lowest BCUT2D eigenvalue weighted by atomic mass is 9.97. The van der Waals surface area contributed by atoms with Crippen molar-refractivity contribution < 1.29 is 9.53 Å². The minimum atomic E-state index is -0.0883. The second-order valence-corrected chi connectivity index (χ2v) is 5.38. The van der Waals surface area contributed by atoms with E-state index in [0.29, 0.717) is 0 Å². The van der Waals surface area contributed by atoms with Gasteiger partial charge in [-0.1, -0.05) is 0 Å². The molecule has 1 aromatic heterocycles. The molecule has 0 bridgehead atoms. The zero-order valence-corrected chi connectivity index (χ0v) is 12.2. The van der Waals surface area contributed by atoms with Gasteiger partial charge in [0.25, 0.3) is 0 Å². The third-order valence-electron chi connectivity index (χ3n) is 3.36. The minimum Gasteiger partial charge on any atom is -0.469 e. The number of halogens is 1. The fourth-order valence-corrected chi connectivity index (χ4v) is 2.44. The normalized spacial score (nSPS) is 16.7. The van der Waals surface area contributed by atoms with Crippen molar-refractivity contribution in [1.29, 1.82) is 0 Å². The lowest BCUT2D eigenvalue weighted by molar-refractivity contribution is -0.146. The maximum atomic E-state index is 11.4. The van der Waals surface area contributed by atoms with Crippen LogP contribution in [0, 0.1) is 12.8 Å². The van der Waals surface area contributed by atoms with Crippen LogP contribution in [0.5, 0.6) is 0 Å². The van der Waals surface area contributed by atoms with Crippen LogP contribution in [0.4, 0.5) is 5.82 Å². The molecule has 4 nitrogen and oxygen atoms in total. The van der Waals surface area contributed by atoms with E-state index in [2.05, 4.69) is 25.8 Å². The molecule has 18 heavy (non-hydrogen) atoms. The summed E-state index contributed by atoms with van der Waals surface area (Å²) in [7, 11) is 1.45. The molecule has 1 aliphatic rings. The number of hydrogen-bond acceptors (Lipinski definition) is 4. The molecule has 1 saturated heterocycles. The Labute approximate surface area is 115 Å². The molecule has 0 aliphatic carbocycles. The molecule has 0 aromatic carbocycles. The summed E-state index contributed by atoms with van der Waals surface area (Å²) in [4.78, 5) is 18.2. The second-order valence-electron chi connectivity index (χ2n) is 4.52. The van der Waals surface area contributed by atoms with E-state index in [9.17, 15) is 4.79 Å². The number of aromatic nitrogens is 1. The molecule has 0 atom stereocenters. The first kappa shape index (κ1) is 13.3.